The molecule has 0 saturated heterocycles. The van der Waals surface area contributed by atoms with E-state index in [9.17, 15) is 0 Å². The molecule has 3 aromatic rings. The monoisotopic (exact) mass is 339 g/mol. The molecule has 0 fully saturated rings. The molecular formula is C18H21N5O2. The molecule has 130 valence electrons. The lowest BCUT2D eigenvalue weighted by Gasteiger charge is -2.29. The topological polar surface area (TPSA) is 65.3 Å². The Balaban J connectivity index is 1.80. The van der Waals surface area contributed by atoms with Crippen LogP contribution in [-0.2, 0) is 20.0 Å². The van der Waals surface area contributed by atoms with E-state index in [1.54, 1.807) is 20.5 Å². The number of rotatable bonds is 3. The summed E-state index contributed by atoms with van der Waals surface area (Å²) in [6, 6.07) is 3.84. The number of nitrogens with zero attached hydrogens (tertiary/aromatic N) is 5. The number of ether oxygens (including phenoxy) is 2. The molecule has 0 aliphatic carbocycles. The van der Waals surface area contributed by atoms with Crippen molar-refractivity contribution in [1.82, 2.24) is 19.7 Å². The average Bonchev–Trinajstić information content (AvgIpc) is 2.93. The van der Waals surface area contributed by atoms with Crippen LogP contribution in [0.4, 0.5) is 5.82 Å². The van der Waals surface area contributed by atoms with Gasteiger partial charge in [0.15, 0.2) is 11.5 Å². The van der Waals surface area contributed by atoms with Crippen LogP contribution in [0, 0.1) is 6.92 Å². The number of fused-ring (bicyclic) bond motifs is 2. The highest BCUT2D eigenvalue weighted by Crippen LogP contribution is 2.36. The Hall–Kier alpha value is -2.83. The van der Waals surface area contributed by atoms with Gasteiger partial charge < -0.3 is 14.4 Å². The molecule has 1 aromatic carbocycles. The minimum Gasteiger partial charge on any atom is -0.493 e. The molecule has 25 heavy (non-hydrogen) atoms. The van der Waals surface area contributed by atoms with Crippen molar-refractivity contribution < 1.29 is 9.47 Å². The van der Waals surface area contributed by atoms with Crippen LogP contribution in [0.3, 0.4) is 0 Å². The minimum atomic E-state index is 0.669. The summed E-state index contributed by atoms with van der Waals surface area (Å²) in [7, 11) is 5.27. The molecule has 3 heterocycles. The molecule has 4 rings (SSSR count). The number of benzene rings is 1. The SMILES string of the molecule is COc1cc2ncnc(N3CCc4c(C)nn(C)c4C3)c2cc1OC. The second-order valence-electron chi connectivity index (χ2n) is 6.23. The third kappa shape index (κ3) is 2.47. The fraction of sp³-hybridized carbons (Fsp3) is 0.389. The molecule has 0 saturated carbocycles. The predicted molar refractivity (Wildman–Crippen MR) is 95.3 cm³/mol. The third-order valence-electron chi connectivity index (χ3n) is 4.87. The van der Waals surface area contributed by atoms with Gasteiger partial charge >= 0.3 is 0 Å². The summed E-state index contributed by atoms with van der Waals surface area (Å²) in [4.78, 5) is 11.2. The largest absolute Gasteiger partial charge is 0.493 e. The molecule has 2 aromatic heterocycles. The Morgan fingerprint density at radius 1 is 1.08 bits per heavy atom. The molecule has 1 aliphatic heterocycles. The lowest BCUT2D eigenvalue weighted by Crippen LogP contribution is -2.32. The van der Waals surface area contributed by atoms with Gasteiger partial charge in [0.1, 0.15) is 12.1 Å². The van der Waals surface area contributed by atoms with Crippen molar-refractivity contribution in [2.75, 3.05) is 25.7 Å². The summed E-state index contributed by atoms with van der Waals surface area (Å²) >= 11 is 0. The van der Waals surface area contributed by atoms with Gasteiger partial charge in [-0.25, -0.2) is 9.97 Å². The Morgan fingerprint density at radius 3 is 2.60 bits per heavy atom. The summed E-state index contributed by atoms with van der Waals surface area (Å²) in [5, 5.41) is 5.51. The summed E-state index contributed by atoms with van der Waals surface area (Å²) in [5.41, 5.74) is 4.57. The molecule has 0 spiro atoms. The first-order chi connectivity index (χ1) is 12.1. The maximum Gasteiger partial charge on any atom is 0.162 e. The van der Waals surface area contributed by atoms with E-state index in [1.807, 2.05) is 23.9 Å². The standard InChI is InChI=1S/C18H21N5O2/c1-11-12-5-6-23(9-15(12)22(2)21-11)18-13-7-16(24-3)17(25-4)8-14(13)19-10-20-18/h7-8,10H,5-6,9H2,1-4H3. The molecule has 7 nitrogen and oxygen atoms in total. The van der Waals surface area contributed by atoms with Crippen molar-refractivity contribution in [2.24, 2.45) is 7.05 Å². The molecule has 0 N–H and O–H groups in total. The number of methoxy groups -OCH3 is 2. The fourth-order valence-corrected chi connectivity index (χ4v) is 3.58. The van der Waals surface area contributed by atoms with Crippen molar-refractivity contribution in [1.29, 1.82) is 0 Å². The molecular weight excluding hydrogens is 318 g/mol. The van der Waals surface area contributed by atoms with Crippen molar-refractivity contribution in [3.63, 3.8) is 0 Å². The van der Waals surface area contributed by atoms with E-state index in [-0.39, 0.29) is 0 Å². The summed E-state index contributed by atoms with van der Waals surface area (Å²) in [6.07, 6.45) is 2.57. The average molecular weight is 339 g/mol. The lowest BCUT2D eigenvalue weighted by molar-refractivity contribution is 0.356. The van der Waals surface area contributed by atoms with Gasteiger partial charge in [0.25, 0.3) is 0 Å². The van der Waals surface area contributed by atoms with E-state index in [0.717, 1.165) is 41.9 Å². The number of hydrogen-bond donors (Lipinski definition) is 0. The number of aryl methyl sites for hydroxylation is 2. The van der Waals surface area contributed by atoms with Gasteiger partial charge in [-0.1, -0.05) is 0 Å². The van der Waals surface area contributed by atoms with Gasteiger partial charge in [-0.05, 0) is 25.0 Å². The highest BCUT2D eigenvalue weighted by atomic mass is 16.5. The summed E-state index contributed by atoms with van der Waals surface area (Å²) in [5.74, 6) is 2.26. The first-order valence-electron chi connectivity index (χ1n) is 8.25. The van der Waals surface area contributed by atoms with Crippen LogP contribution in [0.5, 0.6) is 11.5 Å². The van der Waals surface area contributed by atoms with Gasteiger partial charge in [-0.15, -0.1) is 0 Å². The second-order valence-corrected chi connectivity index (χ2v) is 6.23. The quantitative estimate of drug-likeness (QED) is 0.729. The van der Waals surface area contributed by atoms with Crippen LogP contribution in [0.15, 0.2) is 18.5 Å². The zero-order valence-corrected chi connectivity index (χ0v) is 14.9. The number of hydrogen-bond acceptors (Lipinski definition) is 6. The fourth-order valence-electron chi connectivity index (χ4n) is 3.58. The Kier molecular flexibility index (Phi) is 3.71. The van der Waals surface area contributed by atoms with E-state index < -0.39 is 0 Å². The van der Waals surface area contributed by atoms with Crippen molar-refractivity contribution in [3.8, 4) is 11.5 Å². The van der Waals surface area contributed by atoms with E-state index in [0.29, 0.717) is 11.5 Å². The van der Waals surface area contributed by atoms with Gasteiger partial charge in [-0.3, -0.25) is 4.68 Å². The molecule has 7 heteroatoms. The second kappa shape index (κ2) is 5.91. The summed E-state index contributed by atoms with van der Waals surface area (Å²) in [6.45, 7) is 3.76. The predicted octanol–water partition coefficient (Wildman–Crippen LogP) is 2.25. The van der Waals surface area contributed by atoms with Gasteiger partial charge in [0.05, 0.1) is 37.7 Å². The van der Waals surface area contributed by atoms with E-state index in [1.165, 1.54) is 11.3 Å². The van der Waals surface area contributed by atoms with Crippen molar-refractivity contribution in [3.05, 3.63) is 35.4 Å². The smallest absolute Gasteiger partial charge is 0.162 e. The summed E-state index contributed by atoms with van der Waals surface area (Å²) < 4.78 is 12.8. The normalized spacial score (nSPS) is 13.8. The third-order valence-corrected chi connectivity index (χ3v) is 4.87. The molecule has 0 unspecified atom stereocenters. The molecule has 1 aliphatic rings. The lowest BCUT2D eigenvalue weighted by atomic mass is 10.0. The Bertz CT molecular complexity index is 950. The van der Waals surface area contributed by atoms with Crippen molar-refractivity contribution in [2.45, 2.75) is 19.9 Å². The zero-order chi connectivity index (χ0) is 17.6. The van der Waals surface area contributed by atoms with Crippen molar-refractivity contribution >= 4 is 16.7 Å². The zero-order valence-electron chi connectivity index (χ0n) is 14.9. The molecule has 0 bridgehead atoms. The van der Waals surface area contributed by atoms with Crippen LogP contribution in [0.25, 0.3) is 10.9 Å². The van der Waals surface area contributed by atoms with Gasteiger partial charge in [0.2, 0.25) is 0 Å². The first kappa shape index (κ1) is 15.7. The molecule has 0 atom stereocenters. The van der Waals surface area contributed by atoms with Crippen LogP contribution in [-0.4, -0.2) is 40.5 Å². The highest BCUT2D eigenvalue weighted by Gasteiger charge is 2.24. The molecule has 0 radical (unpaired) electrons. The number of aromatic nitrogens is 4. The maximum absolute atomic E-state index is 5.45. The first-order valence-corrected chi connectivity index (χ1v) is 8.25. The van der Waals surface area contributed by atoms with Gasteiger partial charge in [0, 0.05) is 25.0 Å². The maximum atomic E-state index is 5.45. The minimum absolute atomic E-state index is 0.669. The van der Waals surface area contributed by atoms with E-state index in [2.05, 4.69) is 26.9 Å². The number of anilines is 1. The Labute approximate surface area is 146 Å². The van der Waals surface area contributed by atoms with E-state index >= 15 is 0 Å². The van der Waals surface area contributed by atoms with Crippen LogP contribution >= 0.6 is 0 Å². The van der Waals surface area contributed by atoms with E-state index in [4.69, 9.17) is 9.47 Å². The van der Waals surface area contributed by atoms with Crippen LogP contribution in [0.2, 0.25) is 0 Å². The Morgan fingerprint density at radius 2 is 1.84 bits per heavy atom. The highest BCUT2D eigenvalue weighted by molar-refractivity contribution is 5.92. The van der Waals surface area contributed by atoms with Crippen LogP contribution in [0.1, 0.15) is 17.0 Å². The van der Waals surface area contributed by atoms with Gasteiger partial charge in [-0.2, -0.15) is 5.10 Å². The molecule has 0 amide bonds. The van der Waals surface area contributed by atoms with Crippen LogP contribution < -0.4 is 14.4 Å².